The van der Waals surface area contributed by atoms with E-state index in [0.29, 0.717) is 11.3 Å². The van der Waals surface area contributed by atoms with Gasteiger partial charge in [-0.15, -0.1) is 0 Å². The van der Waals surface area contributed by atoms with E-state index in [-0.39, 0.29) is 10.7 Å². The lowest BCUT2D eigenvalue weighted by Gasteiger charge is -2.21. The zero-order valence-corrected chi connectivity index (χ0v) is 13.0. The molecule has 7 heteroatoms. The van der Waals surface area contributed by atoms with E-state index in [9.17, 15) is 9.59 Å². The van der Waals surface area contributed by atoms with Crippen LogP contribution in [-0.2, 0) is 9.53 Å². The molecule has 0 fully saturated rings. The zero-order valence-electron chi connectivity index (χ0n) is 12.3. The van der Waals surface area contributed by atoms with Crippen molar-refractivity contribution >= 4 is 29.5 Å². The number of aromatic nitrogens is 3. The summed E-state index contributed by atoms with van der Waals surface area (Å²) in [4.78, 5) is 27.6. The van der Waals surface area contributed by atoms with Crippen molar-refractivity contribution in [1.82, 2.24) is 14.6 Å². The SMILES string of the molecule is C[C@H](C=O)c1c(C(=O)OC(C)(C)C)cnc2cc(Cl)nn12. The molecule has 112 valence electrons. The molecule has 1 atom stereocenters. The van der Waals surface area contributed by atoms with Crippen molar-refractivity contribution in [2.45, 2.75) is 39.2 Å². The Morgan fingerprint density at radius 1 is 1.48 bits per heavy atom. The molecule has 0 aliphatic carbocycles. The third-order valence-electron chi connectivity index (χ3n) is 2.75. The fourth-order valence-corrected chi connectivity index (χ4v) is 2.09. The summed E-state index contributed by atoms with van der Waals surface area (Å²) in [6.07, 6.45) is 2.12. The molecule has 0 saturated heterocycles. The third kappa shape index (κ3) is 3.21. The Bertz CT molecular complexity index is 703. The summed E-state index contributed by atoms with van der Waals surface area (Å²) < 4.78 is 6.75. The zero-order chi connectivity index (χ0) is 15.8. The predicted octanol–water partition coefficient (Wildman–Crippen LogP) is 2.64. The maximum absolute atomic E-state index is 12.3. The number of aldehydes is 1. The largest absolute Gasteiger partial charge is 0.456 e. The lowest BCUT2D eigenvalue weighted by molar-refractivity contribution is -0.108. The van der Waals surface area contributed by atoms with Gasteiger partial charge < -0.3 is 9.53 Å². The molecule has 2 aromatic heterocycles. The molecular weight excluding hydrogens is 294 g/mol. The van der Waals surface area contributed by atoms with Crippen LogP contribution in [0, 0.1) is 0 Å². The van der Waals surface area contributed by atoms with Gasteiger partial charge in [-0.1, -0.05) is 18.5 Å². The van der Waals surface area contributed by atoms with Gasteiger partial charge in [0.05, 0.1) is 11.6 Å². The summed E-state index contributed by atoms with van der Waals surface area (Å²) in [7, 11) is 0. The summed E-state index contributed by atoms with van der Waals surface area (Å²) in [5.74, 6) is -1.10. The molecule has 0 aliphatic heterocycles. The highest BCUT2D eigenvalue weighted by molar-refractivity contribution is 6.29. The molecule has 0 amide bonds. The molecule has 2 aromatic rings. The van der Waals surface area contributed by atoms with Crippen LogP contribution in [0.5, 0.6) is 0 Å². The van der Waals surface area contributed by atoms with Gasteiger partial charge in [0.2, 0.25) is 0 Å². The second kappa shape index (κ2) is 5.44. The average molecular weight is 310 g/mol. The Labute approximate surface area is 127 Å². The van der Waals surface area contributed by atoms with Crippen molar-refractivity contribution in [1.29, 1.82) is 0 Å². The van der Waals surface area contributed by atoms with Crippen molar-refractivity contribution in [3.8, 4) is 0 Å². The summed E-state index contributed by atoms with van der Waals surface area (Å²) in [6, 6.07) is 1.56. The van der Waals surface area contributed by atoms with Crippen LogP contribution in [0.25, 0.3) is 5.65 Å². The molecule has 6 nitrogen and oxygen atoms in total. The molecule has 0 unspecified atom stereocenters. The molecule has 0 spiro atoms. The van der Waals surface area contributed by atoms with Crippen molar-refractivity contribution in [3.05, 3.63) is 28.7 Å². The number of carbonyl (C=O) groups excluding carboxylic acids is 2. The van der Waals surface area contributed by atoms with Crippen LogP contribution in [0.2, 0.25) is 5.15 Å². The first-order valence-corrected chi connectivity index (χ1v) is 6.83. The number of nitrogens with zero attached hydrogens (tertiary/aromatic N) is 3. The third-order valence-corrected chi connectivity index (χ3v) is 2.93. The maximum atomic E-state index is 12.3. The molecule has 2 heterocycles. The van der Waals surface area contributed by atoms with Crippen LogP contribution in [0.15, 0.2) is 12.3 Å². The molecule has 0 radical (unpaired) electrons. The van der Waals surface area contributed by atoms with Gasteiger partial charge in [-0.05, 0) is 20.8 Å². The minimum atomic E-state index is -0.643. The standard InChI is InChI=1S/C14H16ClN3O3/c1-8(7-19)12-9(13(20)21-14(2,3)4)6-16-11-5-10(15)17-18(11)12/h5-8H,1-4H3/t8-/m1/s1. The van der Waals surface area contributed by atoms with Gasteiger partial charge in [-0.3, -0.25) is 0 Å². The van der Waals surface area contributed by atoms with E-state index in [1.165, 1.54) is 10.7 Å². The highest BCUT2D eigenvalue weighted by atomic mass is 35.5. The number of ether oxygens (including phenoxy) is 1. The van der Waals surface area contributed by atoms with Crippen LogP contribution in [-0.4, -0.2) is 32.5 Å². The number of halogens is 1. The van der Waals surface area contributed by atoms with Crippen LogP contribution in [0.3, 0.4) is 0 Å². The van der Waals surface area contributed by atoms with Crippen LogP contribution < -0.4 is 0 Å². The first kappa shape index (κ1) is 15.4. The summed E-state index contributed by atoms with van der Waals surface area (Å²) in [6.45, 7) is 6.98. The number of fused-ring (bicyclic) bond motifs is 1. The lowest BCUT2D eigenvalue weighted by Crippen LogP contribution is -2.26. The van der Waals surface area contributed by atoms with Crippen LogP contribution in [0.1, 0.15) is 49.7 Å². The number of hydrogen-bond acceptors (Lipinski definition) is 5. The van der Waals surface area contributed by atoms with E-state index in [1.54, 1.807) is 33.8 Å². The number of rotatable bonds is 3. The van der Waals surface area contributed by atoms with E-state index in [2.05, 4.69) is 10.1 Å². The van der Waals surface area contributed by atoms with Crippen molar-refractivity contribution in [2.75, 3.05) is 0 Å². The van der Waals surface area contributed by atoms with Crippen molar-refractivity contribution < 1.29 is 14.3 Å². The normalized spacial score (nSPS) is 13.2. The fraction of sp³-hybridized carbons (Fsp3) is 0.429. The predicted molar refractivity (Wildman–Crippen MR) is 77.6 cm³/mol. The highest BCUT2D eigenvalue weighted by Crippen LogP contribution is 2.23. The topological polar surface area (TPSA) is 73.6 Å². The number of carbonyl (C=O) groups is 2. The van der Waals surface area contributed by atoms with Crippen LogP contribution in [0.4, 0.5) is 0 Å². The Kier molecular flexibility index (Phi) is 4.00. The highest BCUT2D eigenvalue weighted by Gasteiger charge is 2.25. The van der Waals surface area contributed by atoms with Gasteiger partial charge in [0.15, 0.2) is 10.8 Å². The second-order valence-corrected chi connectivity index (χ2v) is 6.11. The Hall–Kier alpha value is -1.95. The minimum absolute atomic E-state index is 0.205. The molecule has 0 bridgehead atoms. The van der Waals surface area contributed by atoms with Gasteiger partial charge in [-0.2, -0.15) is 5.10 Å². The van der Waals surface area contributed by atoms with E-state index in [4.69, 9.17) is 16.3 Å². The summed E-state index contributed by atoms with van der Waals surface area (Å²) in [5, 5.41) is 4.31. The average Bonchev–Trinajstić information content (AvgIpc) is 2.74. The molecule has 0 saturated carbocycles. The Morgan fingerprint density at radius 3 is 2.71 bits per heavy atom. The van der Waals surface area contributed by atoms with E-state index in [0.717, 1.165) is 6.29 Å². The Morgan fingerprint density at radius 2 is 2.14 bits per heavy atom. The number of hydrogen-bond donors (Lipinski definition) is 0. The van der Waals surface area contributed by atoms with E-state index in [1.807, 2.05) is 0 Å². The minimum Gasteiger partial charge on any atom is -0.456 e. The molecule has 21 heavy (non-hydrogen) atoms. The summed E-state index contributed by atoms with van der Waals surface area (Å²) in [5.41, 5.74) is 0.444. The lowest BCUT2D eigenvalue weighted by atomic mass is 10.0. The van der Waals surface area contributed by atoms with E-state index < -0.39 is 17.5 Å². The summed E-state index contributed by atoms with van der Waals surface area (Å²) >= 11 is 5.86. The maximum Gasteiger partial charge on any atom is 0.342 e. The van der Waals surface area contributed by atoms with Gasteiger partial charge in [-0.25, -0.2) is 14.3 Å². The van der Waals surface area contributed by atoms with Gasteiger partial charge in [0.1, 0.15) is 17.5 Å². The second-order valence-electron chi connectivity index (χ2n) is 5.72. The number of esters is 1. The molecular formula is C14H16ClN3O3. The van der Waals surface area contributed by atoms with Crippen LogP contribution >= 0.6 is 11.6 Å². The molecule has 2 rings (SSSR count). The quantitative estimate of drug-likeness (QED) is 0.643. The smallest absolute Gasteiger partial charge is 0.342 e. The van der Waals surface area contributed by atoms with E-state index >= 15 is 0 Å². The first-order chi connectivity index (χ1) is 9.73. The monoisotopic (exact) mass is 309 g/mol. The van der Waals surface area contributed by atoms with Crippen molar-refractivity contribution in [3.63, 3.8) is 0 Å². The molecule has 0 aliphatic rings. The van der Waals surface area contributed by atoms with Gasteiger partial charge >= 0.3 is 5.97 Å². The Balaban J connectivity index is 2.62. The van der Waals surface area contributed by atoms with Crippen molar-refractivity contribution in [2.24, 2.45) is 0 Å². The fourth-order valence-electron chi connectivity index (χ4n) is 1.92. The van der Waals surface area contributed by atoms with Gasteiger partial charge in [0, 0.05) is 12.3 Å². The molecule has 0 aromatic carbocycles. The first-order valence-electron chi connectivity index (χ1n) is 6.46. The molecule has 0 N–H and O–H groups in total. The van der Waals surface area contributed by atoms with Gasteiger partial charge in [0.25, 0.3) is 0 Å².